The normalized spacial score (nSPS) is 15.1. The Morgan fingerprint density at radius 3 is 2.09 bits per heavy atom. The van der Waals surface area contributed by atoms with Crippen molar-refractivity contribution in [3.63, 3.8) is 0 Å². The van der Waals surface area contributed by atoms with Crippen LogP contribution in [0.25, 0.3) is 11.1 Å². The maximum Gasteiger partial charge on any atom is 0.0860 e. The van der Waals surface area contributed by atoms with Gasteiger partial charge in [0.2, 0.25) is 0 Å². The lowest BCUT2D eigenvalue weighted by molar-refractivity contribution is 0.720. The number of nitrogens with one attached hydrogen (secondary N) is 1. The molecule has 1 aliphatic carbocycles. The minimum Gasteiger partial charge on any atom is -0.361 e. The van der Waals surface area contributed by atoms with Gasteiger partial charge in [-0.1, -0.05) is 112 Å². The van der Waals surface area contributed by atoms with Crippen LogP contribution in [0.5, 0.6) is 0 Å². The Hall–Kier alpha value is -3.06. The zero-order valence-electron chi connectivity index (χ0n) is 21.3. The number of rotatable bonds is 10. The number of hydrogen-bond donors (Lipinski definition) is 1. The van der Waals surface area contributed by atoms with Crippen LogP contribution in [-0.4, -0.2) is 4.98 Å². The summed E-state index contributed by atoms with van der Waals surface area (Å²) >= 11 is 0. The Labute approximate surface area is 206 Å². The summed E-state index contributed by atoms with van der Waals surface area (Å²) in [5, 5.41) is 0. The molecule has 0 saturated heterocycles. The Balaban J connectivity index is 1.99. The first kappa shape index (κ1) is 24.1. The van der Waals surface area contributed by atoms with Crippen LogP contribution >= 0.6 is 0 Å². The fourth-order valence-corrected chi connectivity index (χ4v) is 5.54. The van der Waals surface area contributed by atoms with Crippen LogP contribution in [-0.2, 0) is 11.8 Å². The zero-order chi connectivity index (χ0) is 24.0. The highest BCUT2D eigenvalue weighted by Gasteiger charge is 2.47. The molecule has 0 fully saturated rings. The maximum absolute atomic E-state index is 3.89. The molecule has 1 heterocycles. The lowest BCUT2D eigenvalue weighted by Crippen LogP contribution is -2.29. The van der Waals surface area contributed by atoms with Gasteiger partial charge in [-0.05, 0) is 72.6 Å². The van der Waals surface area contributed by atoms with Gasteiger partial charge in [-0.3, -0.25) is 0 Å². The lowest BCUT2D eigenvalue weighted by atomic mass is 9.69. The average molecular weight is 450 g/mol. The number of aryl methyl sites for hydroxylation is 1. The lowest BCUT2D eigenvalue weighted by Gasteiger charge is -2.33. The van der Waals surface area contributed by atoms with Crippen LogP contribution in [0.15, 0.2) is 96.1 Å². The van der Waals surface area contributed by atoms with Gasteiger partial charge in [0, 0.05) is 11.4 Å². The molecule has 0 atom stereocenters. The van der Waals surface area contributed by atoms with E-state index in [0.29, 0.717) is 0 Å². The molecule has 0 amide bonds. The van der Waals surface area contributed by atoms with E-state index in [0.717, 1.165) is 25.7 Å². The van der Waals surface area contributed by atoms with E-state index in [4.69, 9.17) is 0 Å². The molecule has 1 heteroatoms. The number of H-pyrrole nitrogens is 1. The van der Waals surface area contributed by atoms with Gasteiger partial charge in [0.05, 0.1) is 5.41 Å². The number of fused-ring (bicyclic) bond motifs is 3. The van der Waals surface area contributed by atoms with Crippen LogP contribution < -0.4 is 0 Å². The summed E-state index contributed by atoms with van der Waals surface area (Å²) < 4.78 is 0. The summed E-state index contributed by atoms with van der Waals surface area (Å²) in [4.78, 5) is 3.89. The zero-order valence-corrected chi connectivity index (χ0v) is 21.3. The molecule has 2 aromatic carbocycles. The summed E-state index contributed by atoms with van der Waals surface area (Å²) in [5.41, 5.74) is 10.5. The van der Waals surface area contributed by atoms with Crippen molar-refractivity contribution in [3.8, 4) is 11.1 Å². The predicted octanol–water partition coefficient (Wildman–Crippen LogP) is 9.31. The highest BCUT2D eigenvalue weighted by molar-refractivity contribution is 5.86. The quantitative estimate of drug-likeness (QED) is 0.297. The van der Waals surface area contributed by atoms with Crippen molar-refractivity contribution in [1.82, 2.24) is 4.98 Å². The van der Waals surface area contributed by atoms with E-state index in [1.165, 1.54) is 57.6 Å². The van der Waals surface area contributed by atoms with Crippen LogP contribution in [0.2, 0.25) is 0 Å². The summed E-state index contributed by atoms with van der Waals surface area (Å²) in [7, 11) is 0. The number of unbranched alkanes of at least 4 members (excludes halogenated alkanes) is 1. The fourth-order valence-electron chi connectivity index (χ4n) is 5.54. The van der Waals surface area contributed by atoms with E-state index in [-0.39, 0.29) is 5.41 Å². The molecule has 0 spiro atoms. The largest absolute Gasteiger partial charge is 0.361 e. The van der Waals surface area contributed by atoms with Crippen LogP contribution in [0.4, 0.5) is 0 Å². The number of hydrogen-bond acceptors (Lipinski definition) is 0. The minimum atomic E-state index is -0.338. The Kier molecular flexibility index (Phi) is 7.73. The molecule has 0 bridgehead atoms. The number of allylic oxidation sites excluding steroid dienone is 6. The smallest absolute Gasteiger partial charge is 0.0860 e. The maximum atomic E-state index is 3.89. The molecule has 34 heavy (non-hydrogen) atoms. The molecule has 1 aromatic heterocycles. The van der Waals surface area contributed by atoms with Gasteiger partial charge in [-0.2, -0.15) is 0 Å². The van der Waals surface area contributed by atoms with Crippen molar-refractivity contribution in [1.29, 1.82) is 0 Å². The molecule has 4 rings (SSSR count). The first-order valence-electron chi connectivity index (χ1n) is 13.1. The summed E-state index contributed by atoms with van der Waals surface area (Å²) in [5.74, 6) is 0. The van der Waals surface area contributed by atoms with Gasteiger partial charge < -0.3 is 4.98 Å². The predicted molar refractivity (Wildman–Crippen MR) is 147 cm³/mol. The van der Waals surface area contributed by atoms with Crippen LogP contribution in [0.3, 0.4) is 0 Å². The molecular formula is C33H39N. The van der Waals surface area contributed by atoms with Crippen molar-refractivity contribution >= 4 is 0 Å². The number of benzene rings is 2. The molecule has 0 unspecified atom stereocenters. The first-order chi connectivity index (χ1) is 16.7. The highest BCUT2D eigenvalue weighted by Crippen LogP contribution is 2.56. The summed E-state index contributed by atoms with van der Waals surface area (Å²) in [6.07, 6.45) is 16.2. The molecule has 1 nitrogen and oxygen atoms in total. The van der Waals surface area contributed by atoms with Gasteiger partial charge in [0.25, 0.3) is 0 Å². The second kappa shape index (κ2) is 10.9. The second-order valence-corrected chi connectivity index (χ2v) is 9.36. The van der Waals surface area contributed by atoms with E-state index < -0.39 is 0 Å². The highest BCUT2D eigenvalue weighted by atomic mass is 14.8. The average Bonchev–Trinajstić information content (AvgIpc) is 3.46. The molecule has 1 N–H and O–H groups in total. The summed E-state index contributed by atoms with van der Waals surface area (Å²) in [6, 6.07) is 22.6. The van der Waals surface area contributed by atoms with Gasteiger partial charge in [0.15, 0.2) is 0 Å². The third-order valence-corrected chi connectivity index (χ3v) is 7.15. The van der Waals surface area contributed by atoms with Gasteiger partial charge in [-0.15, -0.1) is 0 Å². The molecule has 0 saturated carbocycles. The van der Waals surface area contributed by atoms with E-state index in [1.807, 2.05) is 0 Å². The van der Waals surface area contributed by atoms with E-state index in [9.17, 15) is 0 Å². The van der Waals surface area contributed by atoms with Crippen LogP contribution in [0, 0.1) is 0 Å². The van der Waals surface area contributed by atoms with Crippen molar-refractivity contribution in [2.24, 2.45) is 0 Å². The third kappa shape index (κ3) is 4.25. The molecule has 3 aromatic rings. The van der Waals surface area contributed by atoms with E-state index in [1.54, 1.807) is 0 Å². The van der Waals surface area contributed by atoms with Crippen molar-refractivity contribution in [2.45, 2.75) is 71.6 Å². The fraction of sp³-hybridized carbons (Fsp3) is 0.333. The summed E-state index contributed by atoms with van der Waals surface area (Å²) in [6.45, 7) is 8.91. The SMILES string of the molecule is C\C=C(/C=C\C(=C/CC)C1(c2ccc(CCCC)[nH]2)c2ccccc2-c2ccccc21)CCC. The van der Waals surface area contributed by atoms with E-state index in [2.05, 4.69) is 118 Å². The number of aromatic nitrogens is 1. The standard InChI is InChI=1S/C33H39N/c1-5-9-16-27-23-24-32(34-27)33(26(15-7-3)22-21-25(8-4)14-6-2)30-19-12-10-17-28(30)29-18-11-13-20-31(29)33/h8,10-13,15,17-24,34H,5-7,9,14,16H2,1-4H3/b22-21-,25-8-,26-15+. The minimum absolute atomic E-state index is 0.338. The Bertz CT molecular complexity index is 1160. The van der Waals surface area contributed by atoms with Crippen LogP contribution in [0.1, 0.15) is 82.3 Å². The van der Waals surface area contributed by atoms with Gasteiger partial charge in [-0.25, -0.2) is 0 Å². The molecule has 176 valence electrons. The number of aromatic amines is 1. The van der Waals surface area contributed by atoms with Crippen molar-refractivity contribution in [3.05, 3.63) is 119 Å². The Morgan fingerprint density at radius 2 is 1.50 bits per heavy atom. The molecule has 0 aliphatic heterocycles. The Morgan fingerprint density at radius 1 is 0.824 bits per heavy atom. The van der Waals surface area contributed by atoms with E-state index >= 15 is 0 Å². The van der Waals surface area contributed by atoms with Crippen molar-refractivity contribution in [2.75, 3.05) is 0 Å². The van der Waals surface area contributed by atoms with Gasteiger partial charge >= 0.3 is 0 Å². The first-order valence-corrected chi connectivity index (χ1v) is 13.1. The van der Waals surface area contributed by atoms with Crippen molar-refractivity contribution < 1.29 is 0 Å². The molecule has 0 radical (unpaired) electrons. The monoisotopic (exact) mass is 449 g/mol. The topological polar surface area (TPSA) is 15.8 Å². The second-order valence-electron chi connectivity index (χ2n) is 9.36. The molecule has 1 aliphatic rings. The van der Waals surface area contributed by atoms with Gasteiger partial charge in [0.1, 0.15) is 0 Å². The molecular weight excluding hydrogens is 410 g/mol. The third-order valence-electron chi connectivity index (χ3n) is 7.15.